The Morgan fingerprint density at radius 1 is 0.817 bits per heavy atom. The zero-order valence-electron chi connectivity index (χ0n) is 40.5. The van der Waals surface area contributed by atoms with Crippen LogP contribution >= 0.6 is 21.6 Å². The van der Waals surface area contributed by atoms with Crippen molar-refractivity contribution in [2.75, 3.05) is 18.8 Å². The predicted molar refractivity (Wildman–Crippen MR) is 274 cm³/mol. The fourth-order valence-electron chi connectivity index (χ4n) is 7.81. The van der Waals surface area contributed by atoms with E-state index in [1.807, 2.05) is 24.3 Å². The number of H-pyrrole nitrogens is 1. The van der Waals surface area contributed by atoms with E-state index >= 15 is 0 Å². The number of aliphatic hydroxyl groups excluding tert-OH is 1. The summed E-state index contributed by atoms with van der Waals surface area (Å²) < 4.78 is -1.13. The van der Waals surface area contributed by atoms with Crippen LogP contribution < -0.4 is 60.2 Å². The number of carbonyl (C=O) groups excluding carboxylic acids is 8. The van der Waals surface area contributed by atoms with Gasteiger partial charge < -0.3 is 70.2 Å². The number of nitrogens with zero attached hydrogens (tertiary/aromatic N) is 1. The van der Waals surface area contributed by atoms with Gasteiger partial charge in [-0.3, -0.25) is 43.3 Å². The van der Waals surface area contributed by atoms with Crippen molar-refractivity contribution in [2.24, 2.45) is 27.9 Å². The van der Waals surface area contributed by atoms with Gasteiger partial charge in [0.1, 0.15) is 42.3 Å². The maximum atomic E-state index is 14.5. The lowest BCUT2D eigenvalue weighted by molar-refractivity contribution is -0.137. The molecule has 71 heavy (non-hydrogen) atoms. The van der Waals surface area contributed by atoms with Crippen LogP contribution in [0.5, 0.6) is 0 Å². The van der Waals surface area contributed by atoms with Gasteiger partial charge in [0.25, 0.3) is 0 Å². The number of benzene rings is 2. The van der Waals surface area contributed by atoms with Crippen LogP contribution in [0.2, 0.25) is 0 Å². The summed E-state index contributed by atoms with van der Waals surface area (Å²) in [6.45, 7) is 6.28. The molecule has 1 aliphatic heterocycles. The van der Waals surface area contributed by atoms with Gasteiger partial charge in [0.05, 0.1) is 6.10 Å². The van der Waals surface area contributed by atoms with Gasteiger partial charge in [-0.1, -0.05) is 70.1 Å². The first-order chi connectivity index (χ1) is 33.7. The fourth-order valence-corrected chi connectivity index (χ4v) is 10.5. The number of unbranched alkanes of at least 4 members (excludes halogenated alkanes) is 1. The Hall–Kier alpha value is -6.37. The van der Waals surface area contributed by atoms with Crippen molar-refractivity contribution in [3.05, 3.63) is 71.9 Å². The van der Waals surface area contributed by atoms with Gasteiger partial charge in [-0.15, -0.1) is 0 Å². The second-order valence-corrected chi connectivity index (χ2v) is 20.9. The molecular formula is C47H69N13O9S2. The number of amides is 8. The van der Waals surface area contributed by atoms with Crippen molar-refractivity contribution in [1.29, 1.82) is 0 Å². The van der Waals surface area contributed by atoms with E-state index in [1.54, 1.807) is 50.4 Å². The fraction of sp³-hybridized carbons (Fsp3) is 0.511. The number of aromatic amines is 1. The molecule has 24 heteroatoms. The Labute approximate surface area is 420 Å². The number of fused-ring (bicyclic) bond motifs is 1. The van der Waals surface area contributed by atoms with E-state index in [4.69, 9.17) is 22.9 Å². The van der Waals surface area contributed by atoms with Crippen LogP contribution in [0.1, 0.15) is 77.3 Å². The SMILES string of the molecule is CC(=O)N[C@@H](CCCCN)C(=O)N[C@H]1CCSSC(C)(C)[C@@H](C(N)=O)NC(=O)[C@H](Cc2c[nH]c3ccccc23)NC(=O)[C@H](CCCN=C(N)N)NC(=O)[C@@H](Cc2ccccc2)NC(=O)[C@H]([C@@H](C)O)NC1=O. The Bertz CT molecular complexity index is 2350. The number of aromatic nitrogens is 1. The number of primary amides is 1. The summed E-state index contributed by atoms with van der Waals surface area (Å²) in [7, 11) is 2.36. The highest BCUT2D eigenvalue weighted by atomic mass is 33.1. The number of aliphatic hydroxyl groups is 1. The molecule has 1 fully saturated rings. The highest BCUT2D eigenvalue weighted by Gasteiger charge is 2.40. The molecule has 388 valence electrons. The lowest BCUT2D eigenvalue weighted by Gasteiger charge is -2.33. The largest absolute Gasteiger partial charge is 0.391 e. The van der Waals surface area contributed by atoms with Crippen LogP contribution in [0, 0.1) is 0 Å². The normalized spacial score (nSPS) is 22.7. The minimum Gasteiger partial charge on any atom is -0.391 e. The van der Waals surface area contributed by atoms with E-state index in [0.717, 1.165) is 21.7 Å². The molecule has 0 radical (unpaired) electrons. The number of guanidine groups is 1. The molecule has 1 aliphatic rings. The summed E-state index contributed by atoms with van der Waals surface area (Å²) in [5.74, 6) is -6.34. The minimum atomic E-state index is -1.67. The average molecular weight is 1020 g/mol. The monoisotopic (exact) mass is 1020 g/mol. The molecule has 0 spiro atoms. The molecule has 8 atom stereocenters. The van der Waals surface area contributed by atoms with E-state index < -0.39 is 100 Å². The van der Waals surface area contributed by atoms with E-state index in [9.17, 15) is 43.5 Å². The third-order valence-electron chi connectivity index (χ3n) is 11.6. The third-order valence-corrected chi connectivity index (χ3v) is 14.9. The molecule has 17 N–H and O–H groups in total. The molecule has 0 unspecified atom stereocenters. The molecule has 8 amide bonds. The average Bonchev–Trinajstić information content (AvgIpc) is 3.72. The van der Waals surface area contributed by atoms with Crippen LogP contribution in [-0.4, -0.2) is 135 Å². The maximum absolute atomic E-state index is 14.5. The van der Waals surface area contributed by atoms with Gasteiger partial charge in [-0.25, -0.2) is 0 Å². The molecular weight excluding hydrogens is 955 g/mol. The standard InChI is InChI=1S/C47H69N13O9S2/c1-26(61)37-45(69)58-35(23-28-13-6-5-7-14-28)43(67)55-33(18-12-21-52-46(50)51)41(65)57-36(24-29-25-53-31-16-9-8-15-30(29)31)44(68)60-38(39(49)63)47(3,4)71-70-22-19-34(42(66)59-37)56-40(64)32(54-27(2)62)17-10-11-20-48/h5-9,13-16,25-26,32-38,53,61H,10-12,17-24,48H2,1-4H3,(H2,49,63)(H,54,62)(H,55,67)(H,56,64)(H,57,65)(H,58,69)(H,59,66)(H,60,68)(H4,50,51,52)/t26-,32+,33+,34+,35-,36+,37+,38-/m1/s1. The van der Waals surface area contributed by atoms with Crippen molar-refractivity contribution >= 4 is 85.7 Å². The number of aliphatic imine (C=N–C) groups is 1. The summed E-state index contributed by atoms with van der Waals surface area (Å²) in [6.07, 6.45) is 1.30. The second-order valence-electron chi connectivity index (χ2n) is 17.9. The number of para-hydroxylation sites is 1. The van der Waals surface area contributed by atoms with Crippen molar-refractivity contribution in [2.45, 2.75) is 132 Å². The first-order valence-electron chi connectivity index (χ1n) is 23.4. The molecule has 22 nitrogen and oxygen atoms in total. The summed E-state index contributed by atoms with van der Waals surface area (Å²) >= 11 is 0. The topological polar surface area (TPSA) is 373 Å². The maximum Gasteiger partial charge on any atom is 0.245 e. The van der Waals surface area contributed by atoms with Gasteiger partial charge in [-0.2, -0.15) is 0 Å². The molecule has 0 aliphatic carbocycles. The van der Waals surface area contributed by atoms with E-state index in [-0.39, 0.29) is 56.8 Å². The Balaban J connectivity index is 1.81. The van der Waals surface area contributed by atoms with E-state index in [2.05, 4.69) is 47.2 Å². The smallest absolute Gasteiger partial charge is 0.245 e. The number of nitrogens with one attached hydrogen (secondary N) is 8. The van der Waals surface area contributed by atoms with Crippen molar-refractivity contribution in [3.63, 3.8) is 0 Å². The molecule has 3 aromatic rings. The zero-order valence-corrected chi connectivity index (χ0v) is 42.1. The number of hydrogen-bond donors (Lipinski definition) is 13. The number of rotatable bonds is 17. The quantitative estimate of drug-likeness (QED) is 0.0333. The predicted octanol–water partition coefficient (Wildman–Crippen LogP) is -1.02. The highest BCUT2D eigenvalue weighted by molar-refractivity contribution is 8.77. The summed E-state index contributed by atoms with van der Waals surface area (Å²) in [4.78, 5) is 118. The highest BCUT2D eigenvalue weighted by Crippen LogP contribution is 2.39. The molecule has 2 aromatic carbocycles. The van der Waals surface area contributed by atoms with Gasteiger partial charge in [0.15, 0.2) is 5.96 Å². The summed E-state index contributed by atoms with van der Waals surface area (Å²) in [5.41, 5.74) is 24.8. The molecule has 1 aromatic heterocycles. The molecule has 4 rings (SSSR count). The lowest BCUT2D eigenvalue weighted by atomic mass is 9.99. The van der Waals surface area contributed by atoms with Crippen LogP contribution in [0.15, 0.2) is 65.8 Å². The van der Waals surface area contributed by atoms with Crippen LogP contribution in [0.4, 0.5) is 0 Å². The number of nitrogens with two attached hydrogens (primary N) is 4. The first-order valence-corrected chi connectivity index (χ1v) is 25.7. The van der Waals surface area contributed by atoms with Crippen molar-refractivity contribution < 1.29 is 43.5 Å². The molecule has 0 bridgehead atoms. The number of hydrogen-bond acceptors (Lipinski definition) is 13. The lowest BCUT2D eigenvalue weighted by Crippen LogP contribution is -2.62. The zero-order chi connectivity index (χ0) is 52.3. The molecule has 2 heterocycles. The van der Waals surface area contributed by atoms with Gasteiger partial charge in [0, 0.05) is 53.9 Å². The minimum absolute atomic E-state index is 0.0537. The van der Waals surface area contributed by atoms with Gasteiger partial charge in [0.2, 0.25) is 47.3 Å². The van der Waals surface area contributed by atoms with Crippen LogP contribution in [0.3, 0.4) is 0 Å². The Kier molecular flexibility index (Phi) is 22.5. The third kappa shape index (κ3) is 18.1. The van der Waals surface area contributed by atoms with Crippen molar-refractivity contribution in [1.82, 2.24) is 42.2 Å². The Morgan fingerprint density at radius 2 is 1.45 bits per heavy atom. The first kappa shape index (κ1) is 57.2. The van der Waals surface area contributed by atoms with E-state index in [1.165, 1.54) is 24.6 Å². The van der Waals surface area contributed by atoms with Crippen molar-refractivity contribution in [3.8, 4) is 0 Å². The summed E-state index contributed by atoms with van der Waals surface area (Å²) in [6, 6.07) is 6.50. The van der Waals surface area contributed by atoms with Gasteiger partial charge in [-0.05, 0) is 83.0 Å². The number of carbonyl (C=O) groups is 8. The van der Waals surface area contributed by atoms with Gasteiger partial charge >= 0.3 is 0 Å². The molecule has 0 saturated carbocycles. The van der Waals surface area contributed by atoms with Crippen LogP contribution in [0.25, 0.3) is 10.9 Å². The van der Waals surface area contributed by atoms with Crippen LogP contribution in [-0.2, 0) is 51.2 Å². The summed E-state index contributed by atoms with van der Waals surface area (Å²) in [5, 5.41) is 30.6. The Morgan fingerprint density at radius 3 is 2.11 bits per heavy atom. The van der Waals surface area contributed by atoms with E-state index in [0.29, 0.717) is 30.5 Å². The molecule has 1 saturated heterocycles. The second kappa shape index (κ2) is 27.9.